The number of benzene rings is 1. The third kappa shape index (κ3) is 2.63. The van der Waals surface area contributed by atoms with Gasteiger partial charge in [-0.15, -0.1) is 0 Å². The summed E-state index contributed by atoms with van der Waals surface area (Å²) in [5, 5.41) is 2.42. The average molecular weight is 377 g/mol. The number of nitrogens with zero attached hydrogens (tertiary/aromatic N) is 2. The second-order valence-electron chi connectivity index (χ2n) is 6.57. The molecule has 1 aromatic carbocycles. The maximum atomic E-state index is 6.19. The Labute approximate surface area is 156 Å². The van der Waals surface area contributed by atoms with E-state index in [1.807, 2.05) is 30.6 Å². The number of halogens is 2. The summed E-state index contributed by atoms with van der Waals surface area (Å²) >= 11 is 14.0. The molecule has 0 N–H and O–H groups in total. The highest BCUT2D eigenvalue weighted by Crippen LogP contribution is 2.46. The minimum absolute atomic E-state index is 0.563. The molecule has 3 heterocycles. The molecule has 124 valence electrons. The Morgan fingerprint density at radius 1 is 1.21 bits per heavy atom. The van der Waals surface area contributed by atoms with Crippen LogP contribution < -0.4 is 0 Å². The molecule has 0 bridgehead atoms. The molecule has 4 rings (SSSR count). The van der Waals surface area contributed by atoms with Gasteiger partial charge in [-0.25, -0.2) is 0 Å². The van der Waals surface area contributed by atoms with Crippen LogP contribution >= 0.6 is 35.0 Å². The van der Waals surface area contributed by atoms with Gasteiger partial charge in [0.2, 0.25) is 0 Å². The van der Waals surface area contributed by atoms with E-state index >= 15 is 0 Å². The van der Waals surface area contributed by atoms with E-state index in [2.05, 4.69) is 29.5 Å². The SMILES string of the molecule is CC(C)C1CCc2c(Sc3ccc(Cl)c(Cl)c3)c3cnccc3n21. The van der Waals surface area contributed by atoms with E-state index in [1.165, 1.54) is 27.9 Å². The number of fused-ring (bicyclic) bond motifs is 3. The molecule has 1 aliphatic heterocycles. The molecule has 1 unspecified atom stereocenters. The molecule has 24 heavy (non-hydrogen) atoms. The van der Waals surface area contributed by atoms with Crippen LogP contribution in [-0.2, 0) is 6.42 Å². The van der Waals surface area contributed by atoms with Gasteiger partial charge >= 0.3 is 0 Å². The first-order chi connectivity index (χ1) is 11.6. The maximum absolute atomic E-state index is 6.19. The Bertz CT molecular complexity index is 917. The van der Waals surface area contributed by atoms with Crippen molar-refractivity contribution in [3.63, 3.8) is 0 Å². The molecular formula is C19H18Cl2N2S. The lowest BCUT2D eigenvalue weighted by molar-refractivity contribution is 0.401. The predicted octanol–water partition coefficient (Wildman–Crippen LogP) is 6.64. The van der Waals surface area contributed by atoms with Crippen molar-refractivity contribution in [2.24, 2.45) is 5.92 Å². The molecule has 0 saturated carbocycles. The summed E-state index contributed by atoms with van der Waals surface area (Å²) in [5.74, 6) is 0.623. The van der Waals surface area contributed by atoms with Gasteiger partial charge in [0.15, 0.2) is 0 Å². The van der Waals surface area contributed by atoms with E-state index in [9.17, 15) is 0 Å². The minimum Gasteiger partial charge on any atom is -0.340 e. The fourth-order valence-corrected chi connectivity index (χ4v) is 5.11. The predicted molar refractivity (Wildman–Crippen MR) is 103 cm³/mol. The second kappa shape index (κ2) is 6.29. The first kappa shape index (κ1) is 16.3. The average Bonchev–Trinajstić information content (AvgIpc) is 3.11. The van der Waals surface area contributed by atoms with Crippen molar-refractivity contribution in [1.82, 2.24) is 9.55 Å². The van der Waals surface area contributed by atoms with E-state index in [1.54, 1.807) is 11.8 Å². The standard InChI is InChI=1S/C19H18Cl2N2S/c1-11(2)16-5-6-18-19(13-10-22-8-7-17(13)23(16)18)24-12-3-4-14(20)15(21)9-12/h3-4,7-11,16H,5-6H2,1-2H3. The number of hydrogen-bond acceptors (Lipinski definition) is 2. The Hall–Kier alpha value is -1.16. The van der Waals surface area contributed by atoms with Crippen LogP contribution in [0.15, 0.2) is 46.5 Å². The number of aromatic nitrogens is 2. The summed E-state index contributed by atoms with van der Waals surface area (Å²) < 4.78 is 2.53. The highest BCUT2D eigenvalue weighted by molar-refractivity contribution is 7.99. The minimum atomic E-state index is 0.563. The van der Waals surface area contributed by atoms with Gasteiger partial charge in [0, 0.05) is 39.3 Å². The van der Waals surface area contributed by atoms with Crippen LogP contribution in [0.1, 0.15) is 32.0 Å². The van der Waals surface area contributed by atoms with Crippen molar-refractivity contribution in [1.29, 1.82) is 0 Å². The van der Waals surface area contributed by atoms with Gasteiger partial charge in [0.05, 0.1) is 15.6 Å². The molecule has 0 aliphatic carbocycles. The molecule has 2 aromatic heterocycles. The Kier molecular flexibility index (Phi) is 4.27. The van der Waals surface area contributed by atoms with Crippen molar-refractivity contribution in [2.45, 2.75) is 42.5 Å². The zero-order valence-electron chi connectivity index (χ0n) is 13.6. The first-order valence-electron chi connectivity index (χ1n) is 8.16. The van der Waals surface area contributed by atoms with Gasteiger partial charge in [-0.1, -0.05) is 48.8 Å². The molecule has 1 atom stereocenters. The fourth-order valence-electron chi connectivity index (χ4n) is 3.61. The summed E-state index contributed by atoms with van der Waals surface area (Å²) in [6.45, 7) is 4.61. The molecule has 0 spiro atoms. The normalized spacial score (nSPS) is 17.0. The monoisotopic (exact) mass is 376 g/mol. The zero-order valence-corrected chi connectivity index (χ0v) is 15.9. The second-order valence-corrected chi connectivity index (χ2v) is 8.46. The molecule has 1 aliphatic rings. The van der Waals surface area contributed by atoms with Crippen LogP contribution in [-0.4, -0.2) is 9.55 Å². The van der Waals surface area contributed by atoms with Crippen molar-refractivity contribution in [3.8, 4) is 0 Å². The molecule has 3 aromatic rings. The van der Waals surface area contributed by atoms with Crippen LogP contribution in [0.3, 0.4) is 0 Å². The number of hydrogen-bond donors (Lipinski definition) is 0. The lowest BCUT2D eigenvalue weighted by Gasteiger charge is -2.18. The van der Waals surface area contributed by atoms with Crippen molar-refractivity contribution < 1.29 is 0 Å². The van der Waals surface area contributed by atoms with E-state index in [0.717, 1.165) is 11.3 Å². The van der Waals surface area contributed by atoms with Crippen LogP contribution in [0.4, 0.5) is 0 Å². The lowest BCUT2D eigenvalue weighted by Crippen LogP contribution is -2.10. The van der Waals surface area contributed by atoms with Crippen molar-refractivity contribution in [3.05, 3.63) is 52.4 Å². The smallest absolute Gasteiger partial charge is 0.0603 e. The van der Waals surface area contributed by atoms with E-state index in [0.29, 0.717) is 22.0 Å². The topological polar surface area (TPSA) is 17.8 Å². The Balaban J connectivity index is 1.85. The largest absolute Gasteiger partial charge is 0.340 e. The van der Waals surface area contributed by atoms with Gasteiger partial charge in [-0.05, 0) is 43.0 Å². The van der Waals surface area contributed by atoms with Crippen molar-refractivity contribution in [2.75, 3.05) is 0 Å². The quantitative estimate of drug-likeness (QED) is 0.509. The van der Waals surface area contributed by atoms with Gasteiger partial charge in [-0.2, -0.15) is 0 Å². The van der Waals surface area contributed by atoms with Crippen LogP contribution in [0.5, 0.6) is 0 Å². The maximum Gasteiger partial charge on any atom is 0.0603 e. The van der Waals surface area contributed by atoms with Gasteiger partial charge < -0.3 is 4.57 Å². The van der Waals surface area contributed by atoms with Gasteiger partial charge in [0.25, 0.3) is 0 Å². The van der Waals surface area contributed by atoms with Gasteiger partial charge in [0.1, 0.15) is 0 Å². The number of rotatable bonds is 3. The van der Waals surface area contributed by atoms with Crippen molar-refractivity contribution >= 4 is 45.9 Å². The third-order valence-corrected chi connectivity index (χ3v) is 6.63. The molecule has 0 radical (unpaired) electrons. The summed E-state index contributed by atoms with van der Waals surface area (Å²) in [5.41, 5.74) is 2.71. The van der Waals surface area contributed by atoms with E-state index in [-0.39, 0.29) is 0 Å². The molecule has 0 saturated heterocycles. The molecular weight excluding hydrogens is 359 g/mol. The number of pyridine rings is 1. The molecule has 0 fully saturated rings. The Morgan fingerprint density at radius 3 is 2.79 bits per heavy atom. The molecule has 2 nitrogen and oxygen atoms in total. The highest BCUT2D eigenvalue weighted by Gasteiger charge is 2.30. The molecule has 5 heteroatoms. The van der Waals surface area contributed by atoms with Crippen LogP contribution in [0, 0.1) is 5.92 Å². The first-order valence-corrected chi connectivity index (χ1v) is 9.73. The summed E-state index contributed by atoms with van der Waals surface area (Å²) in [6, 6.07) is 8.53. The lowest BCUT2D eigenvalue weighted by atomic mass is 10.0. The third-order valence-electron chi connectivity index (χ3n) is 4.74. The molecule has 0 amide bonds. The summed E-state index contributed by atoms with van der Waals surface area (Å²) in [4.78, 5) is 6.77. The van der Waals surface area contributed by atoms with Crippen LogP contribution in [0.2, 0.25) is 10.0 Å². The fraction of sp³-hybridized carbons (Fsp3) is 0.316. The van der Waals surface area contributed by atoms with E-state index < -0.39 is 0 Å². The summed E-state index contributed by atoms with van der Waals surface area (Å²) in [6.07, 6.45) is 6.19. The van der Waals surface area contributed by atoms with E-state index in [4.69, 9.17) is 23.2 Å². The van der Waals surface area contributed by atoms with Crippen LogP contribution in [0.25, 0.3) is 10.9 Å². The highest BCUT2D eigenvalue weighted by atomic mass is 35.5. The Morgan fingerprint density at radius 2 is 2.04 bits per heavy atom. The summed E-state index contributed by atoms with van der Waals surface area (Å²) in [7, 11) is 0. The zero-order chi connectivity index (χ0) is 16.8. The van der Waals surface area contributed by atoms with Gasteiger partial charge in [-0.3, -0.25) is 4.98 Å².